The van der Waals surface area contributed by atoms with E-state index < -0.39 is 13.8 Å². The summed E-state index contributed by atoms with van der Waals surface area (Å²) in [5.74, 6) is 3.61. The fourth-order valence-corrected chi connectivity index (χ4v) is 0.909. The normalized spacial score (nSPS) is 15.2. The lowest BCUT2D eigenvalue weighted by Crippen LogP contribution is -2.06. The molecule has 0 aliphatic rings. The molecule has 0 radical (unpaired) electrons. The first-order valence-electron chi connectivity index (χ1n) is 3.45. The number of hydrogen-bond donors (Lipinski definition) is 2. The Morgan fingerprint density at radius 3 is 2.67 bits per heavy atom. The fourth-order valence-electron chi connectivity index (χ4n) is 0.517. The van der Waals surface area contributed by atoms with Gasteiger partial charge in [-0.05, 0) is 6.42 Å². The minimum absolute atomic E-state index is 0.0877. The highest BCUT2D eigenvalue weighted by molar-refractivity contribution is 7.47. The predicted octanol–water partition coefficient (Wildman–Crippen LogP) is 0.711. The molecule has 3 N–H and O–H groups in total. The summed E-state index contributed by atoms with van der Waals surface area (Å²) in [7, 11) is -4.34. The number of nitrogens with two attached hydrogens (primary N) is 1. The highest BCUT2D eigenvalue weighted by atomic mass is 31.2. The zero-order valence-electron chi connectivity index (χ0n) is 6.73. The summed E-state index contributed by atoms with van der Waals surface area (Å²) in [4.78, 5) is 19.2. The maximum absolute atomic E-state index is 10.7. The molecular weight excluding hydrogens is 185 g/mol. The third-order valence-electron chi connectivity index (χ3n) is 1.08. The van der Waals surface area contributed by atoms with Gasteiger partial charge in [0.05, 0.1) is 0 Å². The maximum atomic E-state index is 10.7. The molecule has 0 aromatic carbocycles. The summed E-state index contributed by atoms with van der Waals surface area (Å²) in [6.45, 7) is 1.88. The van der Waals surface area contributed by atoms with E-state index in [1.54, 1.807) is 0 Å². The molecule has 0 saturated heterocycles. The summed E-state index contributed by atoms with van der Waals surface area (Å²) in [6.07, 6.45) is 1.49. The van der Waals surface area contributed by atoms with Crippen molar-refractivity contribution >= 4 is 13.8 Å². The topological polar surface area (TPSA) is 98.9 Å². The minimum Gasteiger partial charge on any atom is -0.370 e. The van der Waals surface area contributed by atoms with Crippen LogP contribution in [-0.4, -0.2) is 10.9 Å². The standard InChI is InChI=1S/C5H12NO5P/c1-2-3-4-5(7)10-12(8,9)11-6/h2-4,6H2,1H3,(H,8,9). The van der Waals surface area contributed by atoms with E-state index in [9.17, 15) is 9.36 Å². The van der Waals surface area contributed by atoms with Crippen LogP contribution in [0.3, 0.4) is 0 Å². The lowest BCUT2D eigenvalue weighted by Gasteiger charge is -2.06. The lowest BCUT2D eigenvalue weighted by molar-refractivity contribution is -0.136. The molecule has 1 atom stereocenters. The molecule has 72 valence electrons. The maximum Gasteiger partial charge on any atom is 0.546 e. The minimum atomic E-state index is -4.34. The molecular formula is C5H12NO5P. The first kappa shape index (κ1) is 11.6. The van der Waals surface area contributed by atoms with Crippen LogP contribution in [0.5, 0.6) is 0 Å². The van der Waals surface area contributed by atoms with E-state index >= 15 is 0 Å². The second-order valence-corrected chi connectivity index (χ2v) is 3.47. The van der Waals surface area contributed by atoms with Crippen LogP contribution in [0.15, 0.2) is 0 Å². The van der Waals surface area contributed by atoms with Crippen molar-refractivity contribution in [3.8, 4) is 0 Å². The molecule has 0 fully saturated rings. The van der Waals surface area contributed by atoms with Gasteiger partial charge in [-0.2, -0.15) is 4.62 Å². The Balaban J connectivity index is 3.76. The van der Waals surface area contributed by atoms with Crippen molar-refractivity contribution in [3.05, 3.63) is 0 Å². The predicted molar refractivity (Wildman–Crippen MR) is 40.7 cm³/mol. The Kier molecular flexibility index (Phi) is 5.08. The van der Waals surface area contributed by atoms with Crippen molar-refractivity contribution < 1.29 is 23.4 Å². The van der Waals surface area contributed by atoms with Crippen molar-refractivity contribution in [2.75, 3.05) is 0 Å². The SMILES string of the molecule is CCCCC(=O)OP(=O)(O)ON. The van der Waals surface area contributed by atoms with Crippen LogP contribution in [0.4, 0.5) is 0 Å². The van der Waals surface area contributed by atoms with Gasteiger partial charge in [0.15, 0.2) is 0 Å². The summed E-state index contributed by atoms with van der Waals surface area (Å²) < 4.78 is 18.1. The molecule has 1 unspecified atom stereocenters. The van der Waals surface area contributed by atoms with Crippen LogP contribution in [-0.2, 0) is 18.5 Å². The highest BCUT2D eigenvalue weighted by Gasteiger charge is 2.24. The third kappa shape index (κ3) is 5.26. The van der Waals surface area contributed by atoms with Gasteiger partial charge in [-0.15, -0.1) is 0 Å². The lowest BCUT2D eigenvalue weighted by atomic mass is 10.3. The Labute approximate surface area is 70.2 Å². The van der Waals surface area contributed by atoms with E-state index in [1.807, 2.05) is 6.92 Å². The van der Waals surface area contributed by atoms with Crippen molar-refractivity contribution in [3.63, 3.8) is 0 Å². The van der Waals surface area contributed by atoms with E-state index in [0.717, 1.165) is 6.42 Å². The first-order valence-corrected chi connectivity index (χ1v) is 4.95. The molecule has 12 heavy (non-hydrogen) atoms. The monoisotopic (exact) mass is 197 g/mol. The molecule has 0 aliphatic heterocycles. The number of rotatable bonds is 5. The van der Waals surface area contributed by atoms with Crippen molar-refractivity contribution in [2.45, 2.75) is 26.2 Å². The molecule has 6 nitrogen and oxygen atoms in total. The Bertz CT molecular complexity index is 194. The second kappa shape index (κ2) is 5.27. The van der Waals surface area contributed by atoms with Gasteiger partial charge in [0.2, 0.25) is 0 Å². The van der Waals surface area contributed by atoms with Crippen molar-refractivity contribution in [1.82, 2.24) is 0 Å². The second-order valence-electron chi connectivity index (χ2n) is 2.14. The molecule has 7 heteroatoms. The quantitative estimate of drug-likeness (QED) is 0.497. The Hall–Kier alpha value is -0.420. The highest BCUT2D eigenvalue weighted by Crippen LogP contribution is 2.41. The van der Waals surface area contributed by atoms with Gasteiger partial charge >= 0.3 is 13.8 Å². The van der Waals surface area contributed by atoms with Crippen LogP contribution in [0.2, 0.25) is 0 Å². The van der Waals surface area contributed by atoms with Gasteiger partial charge in [0, 0.05) is 6.42 Å². The van der Waals surface area contributed by atoms with Crippen LogP contribution in [0.25, 0.3) is 0 Å². The molecule has 0 aromatic heterocycles. The summed E-state index contributed by atoms with van der Waals surface area (Å²) >= 11 is 0. The van der Waals surface area contributed by atoms with Gasteiger partial charge < -0.3 is 4.52 Å². The summed E-state index contributed by atoms with van der Waals surface area (Å²) in [5.41, 5.74) is 0. The van der Waals surface area contributed by atoms with E-state index in [4.69, 9.17) is 4.89 Å². The van der Waals surface area contributed by atoms with Crippen molar-refractivity contribution in [2.24, 2.45) is 5.90 Å². The van der Waals surface area contributed by atoms with Gasteiger partial charge in [-0.1, -0.05) is 13.3 Å². The molecule has 0 aromatic rings. The van der Waals surface area contributed by atoms with Crippen molar-refractivity contribution in [1.29, 1.82) is 0 Å². The molecule has 0 bridgehead atoms. The molecule has 0 amide bonds. The number of carbonyl (C=O) groups excluding carboxylic acids is 1. The molecule has 0 heterocycles. The number of unbranched alkanes of at least 4 members (excludes halogenated alkanes) is 1. The van der Waals surface area contributed by atoms with Gasteiger partial charge in [0.25, 0.3) is 0 Å². The van der Waals surface area contributed by atoms with Crippen LogP contribution < -0.4 is 5.90 Å². The van der Waals surface area contributed by atoms with E-state index in [2.05, 4.69) is 15.0 Å². The number of phosphoric acid groups is 1. The summed E-state index contributed by atoms with van der Waals surface area (Å²) in [5, 5.41) is 0. The zero-order valence-corrected chi connectivity index (χ0v) is 7.62. The molecule has 0 rings (SSSR count). The van der Waals surface area contributed by atoms with Gasteiger partial charge in [-0.25, -0.2) is 10.5 Å². The van der Waals surface area contributed by atoms with E-state index in [1.165, 1.54) is 0 Å². The largest absolute Gasteiger partial charge is 0.546 e. The van der Waals surface area contributed by atoms with Crippen LogP contribution in [0.1, 0.15) is 26.2 Å². The number of phosphoric ester groups is 1. The van der Waals surface area contributed by atoms with E-state index in [-0.39, 0.29) is 6.42 Å². The average molecular weight is 197 g/mol. The smallest absolute Gasteiger partial charge is 0.370 e. The van der Waals surface area contributed by atoms with E-state index in [0.29, 0.717) is 6.42 Å². The molecule has 0 aliphatic carbocycles. The fraction of sp³-hybridized carbons (Fsp3) is 0.800. The zero-order chi connectivity index (χ0) is 9.61. The number of carbonyl (C=O) groups is 1. The van der Waals surface area contributed by atoms with Crippen LogP contribution in [0, 0.1) is 0 Å². The average Bonchev–Trinajstić information content (AvgIpc) is 2.00. The van der Waals surface area contributed by atoms with Gasteiger partial charge in [-0.3, -0.25) is 9.69 Å². The first-order chi connectivity index (χ1) is 5.52. The Morgan fingerprint density at radius 2 is 2.25 bits per heavy atom. The number of hydrogen-bond acceptors (Lipinski definition) is 5. The molecule has 0 saturated carbocycles. The summed E-state index contributed by atoms with van der Waals surface area (Å²) in [6, 6.07) is 0. The third-order valence-corrected chi connectivity index (χ3v) is 1.79. The Morgan fingerprint density at radius 1 is 1.67 bits per heavy atom. The van der Waals surface area contributed by atoms with Gasteiger partial charge in [0.1, 0.15) is 0 Å². The van der Waals surface area contributed by atoms with Crippen LogP contribution >= 0.6 is 7.82 Å². The molecule has 0 spiro atoms.